The lowest BCUT2D eigenvalue weighted by Gasteiger charge is -2.06. The van der Waals surface area contributed by atoms with Crippen LogP contribution in [0, 0.1) is 5.41 Å². The van der Waals surface area contributed by atoms with Gasteiger partial charge in [-0.1, -0.05) is 13.3 Å². The third kappa shape index (κ3) is 5.97. The van der Waals surface area contributed by atoms with E-state index in [9.17, 15) is 4.79 Å². The van der Waals surface area contributed by atoms with E-state index in [-0.39, 0.29) is 5.97 Å². The van der Waals surface area contributed by atoms with Gasteiger partial charge in [-0.15, -0.1) is 0 Å². The zero-order valence-corrected chi connectivity index (χ0v) is 12.3. The van der Waals surface area contributed by atoms with E-state index < -0.39 is 0 Å². The molecule has 0 aromatic heterocycles. The lowest BCUT2D eigenvalue weighted by molar-refractivity contribution is -0.134. The fourth-order valence-electron chi connectivity index (χ4n) is 1.76. The molecule has 1 aromatic rings. The van der Waals surface area contributed by atoms with E-state index in [1.807, 2.05) is 26.0 Å². The monoisotopic (exact) mass is 277 g/mol. The largest absolute Gasteiger partial charge is 0.427 e. The molecule has 0 spiro atoms. The Morgan fingerprint density at radius 1 is 1.15 bits per heavy atom. The smallest absolute Gasteiger partial charge is 0.311 e. The highest BCUT2D eigenvalue weighted by atomic mass is 16.5. The van der Waals surface area contributed by atoms with Gasteiger partial charge in [0.15, 0.2) is 0 Å². The number of carbonyl (C=O) groups excluding carboxylic acids is 1. The molecular weight excluding hydrogens is 254 g/mol. The molecule has 0 amide bonds. The molecule has 0 aliphatic carbocycles. The highest BCUT2D eigenvalue weighted by Crippen LogP contribution is 2.15. The molecule has 4 nitrogen and oxygen atoms in total. The summed E-state index contributed by atoms with van der Waals surface area (Å²) in [6.45, 7) is 5.22. The van der Waals surface area contributed by atoms with Crippen LogP contribution in [-0.2, 0) is 9.53 Å². The number of rotatable bonds is 9. The molecule has 0 saturated carbocycles. The average Bonchev–Trinajstić information content (AvgIpc) is 2.45. The summed E-state index contributed by atoms with van der Waals surface area (Å²) < 4.78 is 10.4. The van der Waals surface area contributed by atoms with Crippen molar-refractivity contribution in [1.82, 2.24) is 0 Å². The van der Waals surface area contributed by atoms with Gasteiger partial charge in [-0.05, 0) is 49.6 Å². The Balaban J connectivity index is 2.41. The van der Waals surface area contributed by atoms with Crippen LogP contribution in [0.3, 0.4) is 0 Å². The number of benzene rings is 1. The number of ether oxygens (including phenoxy) is 2. The van der Waals surface area contributed by atoms with Crippen molar-refractivity contribution < 1.29 is 14.3 Å². The van der Waals surface area contributed by atoms with E-state index in [1.54, 1.807) is 12.1 Å². The Bertz CT molecular complexity index is 426. The van der Waals surface area contributed by atoms with Gasteiger partial charge >= 0.3 is 5.97 Å². The number of hydrogen-bond donors (Lipinski definition) is 1. The van der Waals surface area contributed by atoms with Crippen molar-refractivity contribution in [2.24, 2.45) is 0 Å². The van der Waals surface area contributed by atoms with Crippen LogP contribution in [0.25, 0.3) is 0 Å². The van der Waals surface area contributed by atoms with Crippen molar-refractivity contribution in [3.8, 4) is 5.75 Å². The third-order valence-corrected chi connectivity index (χ3v) is 2.81. The van der Waals surface area contributed by atoms with Crippen LogP contribution in [0.5, 0.6) is 5.75 Å². The zero-order valence-electron chi connectivity index (χ0n) is 12.3. The topological polar surface area (TPSA) is 59.4 Å². The van der Waals surface area contributed by atoms with Crippen molar-refractivity contribution in [1.29, 1.82) is 5.41 Å². The number of carbonyl (C=O) groups is 1. The van der Waals surface area contributed by atoms with E-state index in [0.29, 0.717) is 37.5 Å². The molecule has 20 heavy (non-hydrogen) atoms. The molecule has 0 fully saturated rings. The van der Waals surface area contributed by atoms with Crippen LogP contribution in [0.15, 0.2) is 24.3 Å². The Morgan fingerprint density at radius 3 is 2.45 bits per heavy atom. The van der Waals surface area contributed by atoms with E-state index in [4.69, 9.17) is 14.9 Å². The van der Waals surface area contributed by atoms with Crippen molar-refractivity contribution in [2.45, 2.75) is 39.5 Å². The summed E-state index contributed by atoms with van der Waals surface area (Å²) in [5.74, 6) is 0.278. The second kappa shape index (κ2) is 9.26. The maximum absolute atomic E-state index is 11.6. The van der Waals surface area contributed by atoms with Gasteiger partial charge in [0.25, 0.3) is 0 Å². The number of hydrogen-bond acceptors (Lipinski definition) is 4. The van der Waals surface area contributed by atoms with Crippen molar-refractivity contribution in [3.63, 3.8) is 0 Å². The fraction of sp³-hybridized carbons (Fsp3) is 0.500. The van der Waals surface area contributed by atoms with E-state index in [1.165, 1.54) is 0 Å². The Labute approximate surface area is 120 Å². The first kappa shape index (κ1) is 16.4. The Hall–Kier alpha value is -1.68. The van der Waals surface area contributed by atoms with Crippen LogP contribution in [-0.4, -0.2) is 24.9 Å². The third-order valence-electron chi connectivity index (χ3n) is 2.81. The molecule has 0 unspecified atom stereocenters. The number of esters is 1. The summed E-state index contributed by atoms with van der Waals surface area (Å²) in [5, 5.41) is 7.85. The molecular formula is C16H23NO3. The van der Waals surface area contributed by atoms with Gasteiger partial charge in [0, 0.05) is 25.3 Å². The van der Waals surface area contributed by atoms with E-state index >= 15 is 0 Å². The molecule has 0 aliphatic rings. The molecule has 0 aliphatic heterocycles. The van der Waals surface area contributed by atoms with Gasteiger partial charge in [-0.25, -0.2) is 0 Å². The second-order valence-corrected chi connectivity index (χ2v) is 4.53. The van der Waals surface area contributed by atoms with Gasteiger partial charge in [-0.2, -0.15) is 0 Å². The maximum atomic E-state index is 11.6. The summed E-state index contributed by atoms with van der Waals surface area (Å²) in [6.07, 6.45) is 2.74. The molecule has 110 valence electrons. The Morgan fingerprint density at radius 2 is 1.85 bits per heavy atom. The molecule has 1 aromatic carbocycles. The summed E-state index contributed by atoms with van der Waals surface area (Å²) in [6, 6.07) is 7.11. The molecule has 1 rings (SSSR count). The molecule has 0 heterocycles. The van der Waals surface area contributed by atoms with Crippen LogP contribution in [0.2, 0.25) is 0 Å². The summed E-state index contributed by atoms with van der Waals surface area (Å²) in [5.41, 5.74) is 1.49. The first-order valence-corrected chi connectivity index (χ1v) is 7.13. The molecule has 0 bridgehead atoms. The first-order chi connectivity index (χ1) is 9.67. The van der Waals surface area contributed by atoms with Gasteiger partial charge in [-0.3, -0.25) is 4.79 Å². The van der Waals surface area contributed by atoms with Crippen LogP contribution in [0.4, 0.5) is 0 Å². The molecule has 0 atom stereocenters. The minimum absolute atomic E-state index is 0.249. The highest BCUT2D eigenvalue weighted by molar-refractivity contribution is 5.98. The van der Waals surface area contributed by atoms with Crippen molar-refractivity contribution >= 4 is 11.7 Å². The lowest BCUT2D eigenvalue weighted by Crippen LogP contribution is -2.09. The number of nitrogens with one attached hydrogen (secondary N) is 1. The Kier molecular flexibility index (Phi) is 7.58. The summed E-state index contributed by atoms with van der Waals surface area (Å²) >= 11 is 0. The van der Waals surface area contributed by atoms with Gasteiger partial charge in [0.2, 0.25) is 0 Å². The van der Waals surface area contributed by atoms with Crippen LogP contribution < -0.4 is 4.74 Å². The molecule has 0 saturated heterocycles. The minimum Gasteiger partial charge on any atom is -0.427 e. The maximum Gasteiger partial charge on any atom is 0.311 e. The molecule has 4 heteroatoms. The average molecular weight is 277 g/mol. The fourth-order valence-corrected chi connectivity index (χ4v) is 1.76. The second-order valence-electron chi connectivity index (χ2n) is 4.53. The van der Waals surface area contributed by atoms with E-state index in [0.717, 1.165) is 18.4 Å². The minimum atomic E-state index is -0.249. The van der Waals surface area contributed by atoms with Crippen molar-refractivity contribution in [2.75, 3.05) is 13.2 Å². The first-order valence-electron chi connectivity index (χ1n) is 7.13. The SMILES string of the molecule is CCCC(=N)c1ccc(OC(=O)CCCOCC)cc1. The van der Waals surface area contributed by atoms with Gasteiger partial charge < -0.3 is 14.9 Å². The van der Waals surface area contributed by atoms with E-state index in [2.05, 4.69) is 0 Å². The van der Waals surface area contributed by atoms with Crippen molar-refractivity contribution in [3.05, 3.63) is 29.8 Å². The normalized spacial score (nSPS) is 10.3. The summed E-state index contributed by atoms with van der Waals surface area (Å²) in [7, 11) is 0. The predicted octanol–water partition coefficient (Wildman–Crippen LogP) is 3.58. The van der Waals surface area contributed by atoms with Gasteiger partial charge in [0.05, 0.1) is 0 Å². The predicted molar refractivity (Wildman–Crippen MR) is 79.5 cm³/mol. The molecule has 1 N–H and O–H groups in total. The standard InChI is InChI=1S/C16H23NO3/c1-3-6-15(17)13-8-10-14(11-9-13)20-16(18)7-5-12-19-4-2/h8-11,17H,3-7,12H2,1-2H3. The summed E-state index contributed by atoms with van der Waals surface area (Å²) in [4.78, 5) is 11.6. The van der Waals surface area contributed by atoms with Crippen LogP contribution in [0.1, 0.15) is 45.1 Å². The van der Waals surface area contributed by atoms with Crippen LogP contribution >= 0.6 is 0 Å². The molecule has 0 radical (unpaired) electrons. The van der Waals surface area contributed by atoms with Gasteiger partial charge in [0.1, 0.15) is 5.75 Å². The lowest BCUT2D eigenvalue weighted by atomic mass is 10.1. The zero-order chi connectivity index (χ0) is 14.8. The highest BCUT2D eigenvalue weighted by Gasteiger charge is 2.06. The quantitative estimate of drug-likeness (QED) is 0.325.